The van der Waals surface area contributed by atoms with Crippen molar-refractivity contribution in [3.05, 3.63) is 108 Å². The third kappa shape index (κ3) is 5.57. The van der Waals surface area contributed by atoms with Crippen LogP contribution in [-0.4, -0.2) is 21.1 Å². The number of ether oxygens (including phenoxy) is 1. The van der Waals surface area contributed by atoms with Crippen molar-refractivity contribution >= 4 is 11.4 Å². The SMILES string of the molecule is Cc1oc(-c2ccc(-n3cccn3)cc2)nc1Cc1ccc(Nc2ccc(OC(F)(F)F)cc2)cc1. The molecule has 0 bridgehead atoms. The largest absolute Gasteiger partial charge is 0.573 e. The van der Waals surface area contributed by atoms with E-state index in [1.54, 1.807) is 10.9 Å². The lowest BCUT2D eigenvalue weighted by Gasteiger charge is -2.11. The summed E-state index contributed by atoms with van der Waals surface area (Å²) in [5.74, 6) is 1.05. The maximum atomic E-state index is 12.3. The molecular formula is C27H21F3N4O2. The van der Waals surface area contributed by atoms with Crippen LogP contribution in [0.15, 0.2) is 95.7 Å². The summed E-state index contributed by atoms with van der Waals surface area (Å²) >= 11 is 0. The number of halogens is 3. The molecule has 5 aromatic rings. The molecular weight excluding hydrogens is 469 g/mol. The highest BCUT2D eigenvalue weighted by atomic mass is 19.4. The molecule has 1 N–H and O–H groups in total. The van der Waals surface area contributed by atoms with E-state index in [1.165, 1.54) is 24.3 Å². The van der Waals surface area contributed by atoms with Crippen LogP contribution in [0.25, 0.3) is 17.1 Å². The first-order chi connectivity index (χ1) is 17.3. The summed E-state index contributed by atoms with van der Waals surface area (Å²) in [6.45, 7) is 1.89. The number of alkyl halides is 3. The predicted octanol–water partition coefficient (Wildman–Crippen LogP) is 7.07. The van der Waals surface area contributed by atoms with Crippen molar-refractivity contribution < 1.29 is 22.3 Å². The van der Waals surface area contributed by atoms with Crippen LogP contribution in [0.4, 0.5) is 24.5 Å². The van der Waals surface area contributed by atoms with Crippen molar-refractivity contribution in [3.8, 4) is 22.9 Å². The summed E-state index contributed by atoms with van der Waals surface area (Å²) in [4.78, 5) is 4.69. The summed E-state index contributed by atoms with van der Waals surface area (Å²) in [5.41, 5.74) is 5.18. The van der Waals surface area contributed by atoms with Crippen LogP contribution in [-0.2, 0) is 6.42 Å². The molecule has 0 saturated carbocycles. The van der Waals surface area contributed by atoms with Crippen LogP contribution in [0.1, 0.15) is 17.0 Å². The fourth-order valence-corrected chi connectivity index (χ4v) is 3.70. The van der Waals surface area contributed by atoms with E-state index in [0.717, 1.165) is 34.0 Å². The summed E-state index contributed by atoms with van der Waals surface area (Å²) in [5, 5.41) is 7.39. The highest BCUT2D eigenvalue weighted by Crippen LogP contribution is 2.27. The van der Waals surface area contributed by atoms with Crippen molar-refractivity contribution in [2.75, 3.05) is 5.32 Å². The molecule has 0 radical (unpaired) electrons. The van der Waals surface area contributed by atoms with E-state index >= 15 is 0 Å². The molecule has 2 aromatic heterocycles. The van der Waals surface area contributed by atoms with Gasteiger partial charge in [-0.3, -0.25) is 0 Å². The first kappa shape index (κ1) is 23.2. The van der Waals surface area contributed by atoms with Gasteiger partial charge < -0.3 is 14.5 Å². The fraction of sp³-hybridized carbons (Fsp3) is 0.111. The average molecular weight is 490 g/mol. The molecule has 0 amide bonds. The molecule has 9 heteroatoms. The Morgan fingerprint density at radius 2 is 1.58 bits per heavy atom. The molecule has 0 aliphatic heterocycles. The van der Waals surface area contributed by atoms with E-state index in [9.17, 15) is 13.2 Å². The van der Waals surface area contributed by atoms with Gasteiger partial charge >= 0.3 is 6.36 Å². The number of hydrogen-bond donors (Lipinski definition) is 1. The molecule has 5 rings (SSSR count). The Balaban J connectivity index is 1.23. The zero-order chi connectivity index (χ0) is 25.1. The third-order valence-corrected chi connectivity index (χ3v) is 5.48. The van der Waals surface area contributed by atoms with Gasteiger partial charge in [0.25, 0.3) is 0 Å². The molecule has 2 heterocycles. The number of rotatable bonds is 7. The Bertz CT molecular complexity index is 1420. The molecule has 0 aliphatic rings. The van der Waals surface area contributed by atoms with E-state index in [0.29, 0.717) is 18.0 Å². The number of aromatic nitrogens is 3. The summed E-state index contributed by atoms with van der Waals surface area (Å²) in [7, 11) is 0. The second kappa shape index (κ2) is 9.61. The molecule has 182 valence electrons. The van der Waals surface area contributed by atoms with Crippen LogP contribution >= 0.6 is 0 Å². The lowest BCUT2D eigenvalue weighted by atomic mass is 10.1. The van der Waals surface area contributed by atoms with E-state index < -0.39 is 6.36 Å². The monoisotopic (exact) mass is 490 g/mol. The van der Waals surface area contributed by atoms with Gasteiger partial charge in [-0.15, -0.1) is 13.2 Å². The second-order valence-electron chi connectivity index (χ2n) is 8.09. The molecule has 3 aromatic carbocycles. The van der Waals surface area contributed by atoms with Gasteiger partial charge in [0.15, 0.2) is 0 Å². The molecule has 0 unspecified atom stereocenters. The van der Waals surface area contributed by atoms with E-state index in [1.807, 2.05) is 67.7 Å². The number of nitrogens with one attached hydrogen (secondary N) is 1. The van der Waals surface area contributed by atoms with E-state index in [2.05, 4.69) is 15.2 Å². The van der Waals surface area contributed by atoms with Gasteiger partial charge in [0.1, 0.15) is 11.5 Å². The Morgan fingerprint density at radius 1 is 0.917 bits per heavy atom. The standard InChI is InChI=1S/C27H21F3N4O2/c1-18-25(33-26(35-18)20-5-11-23(12-6-20)34-16-2-15-31-34)17-19-3-7-21(8-4-19)32-22-9-13-24(14-10-22)36-27(28,29)30/h2-16,32H,17H2,1H3. The summed E-state index contributed by atoms with van der Waals surface area (Å²) in [6.07, 6.45) is -0.496. The number of nitrogens with zero attached hydrogens (tertiary/aromatic N) is 3. The molecule has 0 spiro atoms. The van der Waals surface area contributed by atoms with Crippen LogP contribution in [0, 0.1) is 6.92 Å². The van der Waals surface area contributed by atoms with Crippen molar-refractivity contribution in [2.45, 2.75) is 19.7 Å². The summed E-state index contributed by atoms with van der Waals surface area (Å²) < 4.78 is 48.5. The number of oxazole rings is 1. The Morgan fingerprint density at radius 3 is 2.19 bits per heavy atom. The van der Waals surface area contributed by atoms with Gasteiger partial charge in [0, 0.05) is 35.8 Å². The smallest absolute Gasteiger partial charge is 0.441 e. The molecule has 0 atom stereocenters. The van der Waals surface area contributed by atoms with E-state index in [-0.39, 0.29) is 5.75 Å². The number of hydrogen-bond acceptors (Lipinski definition) is 5. The van der Waals surface area contributed by atoms with Crippen LogP contribution in [0.3, 0.4) is 0 Å². The number of anilines is 2. The molecule has 0 fully saturated rings. The number of benzene rings is 3. The Labute approximate surface area is 205 Å². The third-order valence-electron chi connectivity index (χ3n) is 5.48. The first-order valence-electron chi connectivity index (χ1n) is 11.1. The number of aryl methyl sites for hydroxylation is 1. The molecule has 6 nitrogen and oxygen atoms in total. The lowest BCUT2D eigenvalue weighted by Crippen LogP contribution is -2.16. The van der Waals surface area contributed by atoms with Crippen molar-refractivity contribution in [1.29, 1.82) is 0 Å². The molecule has 36 heavy (non-hydrogen) atoms. The van der Waals surface area contributed by atoms with Crippen LogP contribution in [0.2, 0.25) is 0 Å². The first-order valence-corrected chi connectivity index (χ1v) is 11.1. The quantitative estimate of drug-likeness (QED) is 0.264. The van der Waals surface area contributed by atoms with Gasteiger partial charge in [0.05, 0.1) is 11.4 Å². The van der Waals surface area contributed by atoms with Crippen LogP contribution in [0.5, 0.6) is 5.75 Å². The zero-order valence-corrected chi connectivity index (χ0v) is 19.2. The fourth-order valence-electron chi connectivity index (χ4n) is 3.70. The van der Waals surface area contributed by atoms with Gasteiger partial charge in [-0.2, -0.15) is 5.10 Å². The van der Waals surface area contributed by atoms with E-state index in [4.69, 9.17) is 9.40 Å². The summed E-state index contributed by atoms with van der Waals surface area (Å²) in [6, 6.07) is 23.0. The van der Waals surface area contributed by atoms with Crippen molar-refractivity contribution in [1.82, 2.24) is 14.8 Å². The Kier molecular flexibility index (Phi) is 6.20. The van der Waals surface area contributed by atoms with Gasteiger partial charge in [0.2, 0.25) is 5.89 Å². The minimum Gasteiger partial charge on any atom is -0.441 e. The lowest BCUT2D eigenvalue weighted by molar-refractivity contribution is -0.274. The van der Waals surface area contributed by atoms with Gasteiger partial charge in [-0.05, 0) is 79.2 Å². The maximum absolute atomic E-state index is 12.3. The minimum atomic E-state index is -4.71. The maximum Gasteiger partial charge on any atom is 0.573 e. The van der Waals surface area contributed by atoms with Gasteiger partial charge in [-0.25, -0.2) is 9.67 Å². The van der Waals surface area contributed by atoms with Crippen molar-refractivity contribution in [3.63, 3.8) is 0 Å². The molecule has 0 saturated heterocycles. The highest BCUT2D eigenvalue weighted by molar-refractivity contribution is 5.61. The minimum absolute atomic E-state index is 0.264. The molecule has 0 aliphatic carbocycles. The Hall–Kier alpha value is -4.53. The van der Waals surface area contributed by atoms with Crippen LogP contribution < -0.4 is 10.1 Å². The predicted molar refractivity (Wildman–Crippen MR) is 129 cm³/mol. The van der Waals surface area contributed by atoms with Gasteiger partial charge in [-0.1, -0.05) is 12.1 Å². The topological polar surface area (TPSA) is 65.1 Å². The highest BCUT2D eigenvalue weighted by Gasteiger charge is 2.30. The second-order valence-corrected chi connectivity index (χ2v) is 8.09. The normalized spacial score (nSPS) is 11.4. The zero-order valence-electron chi connectivity index (χ0n) is 19.2. The van der Waals surface area contributed by atoms with Crippen molar-refractivity contribution in [2.24, 2.45) is 0 Å². The average Bonchev–Trinajstić information content (AvgIpc) is 3.51.